The van der Waals surface area contributed by atoms with Gasteiger partial charge in [-0.15, -0.1) is 0 Å². The number of benzene rings is 1. The lowest BCUT2D eigenvalue weighted by atomic mass is 9.73. The number of carboxylic acids is 1. The zero-order valence-corrected chi connectivity index (χ0v) is 13.8. The van der Waals surface area contributed by atoms with Crippen LogP contribution < -0.4 is 0 Å². The fraction of sp³-hybridized carbons (Fsp3) is 0.556. The third-order valence-electron chi connectivity index (χ3n) is 5.43. The van der Waals surface area contributed by atoms with Crippen LogP contribution >= 0.6 is 0 Å². The predicted octanol–water partition coefficient (Wildman–Crippen LogP) is 2.20. The summed E-state index contributed by atoms with van der Waals surface area (Å²) in [6.07, 6.45) is 1.50. The molecule has 6 heteroatoms. The van der Waals surface area contributed by atoms with Crippen LogP contribution in [0.4, 0.5) is 4.39 Å². The molecule has 0 aliphatic carbocycles. The van der Waals surface area contributed by atoms with Crippen LogP contribution in [0.1, 0.15) is 31.7 Å². The lowest BCUT2D eigenvalue weighted by molar-refractivity contribution is -0.148. The van der Waals surface area contributed by atoms with Crippen LogP contribution in [0.15, 0.2) is 24.3 Å². The van der Waals surface area contributed by atoms with Crippen molar-refractivity contribution in [1.29, 1.82) is 0 Å². The quantitative estimate of drug-likeness (QED) is 0.919. The molecule has 0 radical (unpaired) electrons. The summed E-state index contributed by atoms with van der Waals surface area (Å²) in [6.45, 7) is 3.26. The molecule has 0 bridgehead atoms. The van der Waals surface area contributed by atoms with Crippen molar-refractivity contribution >= 4 is 11.9 Å². The first-order valence-electron chi connectivity index (χ1n) is 8.24. The fourth-order valence-electron chi connectivity index (χ4n) is 3.73. The molecular weight excluding hydrogens is 313 g/mol. The lowest BCUT2D eigenvalue weighted by Gasteiger charge is -2.39. The molecule has 5 nitrogen and oxygen atoms in total. The Morgan fingerprint density at radius 1 is 1.17 bits per heavy atom. The van der Waals surface area contributed by atoms with E-state index in [9.17, 15) is 19.1 Å². The Balaban J connectivity index is 1.91. The van der Waals surface area contributed by atoms with Gasteiger partial charge in [0.15, 0.2) is 0 Å². The number of rotatable bonds is 3. The second-order valence-electron chi connectivity index (χ2n) is 7.04. The standard InChI is InChI=1S/C18H22FNO4/c1-17(16(22)23)6-9-20(12-17)15(21)18(7-10-24-11-8-18)13-2-4-14(19)5-3-13/h2-5H,6-12H2,1H3,(H,22,23). The highest BCUT2D eigenvalue weighted by Crippen LogP contribution is 2.40. The molecule has 1 N–H and O–H groups in total. The maximum Gasteiger partial charge on any atom is 0.311 e. The van der Waals surface area contributed by atoms with Crippen LogP contribution in [-0.2, 0) is 19.7 Å². The highest BCUT2D eigenvalue weighted by atomic mass is 19.1. The van der Waals surface area contributed by atoms with Crippen LogP contribution in [-0.4, -0.2) is 48.2 Å². The minimum absolute atomic E-state index is 0.0672. The molecule has 24 heavy (non-hydrogen) atoms. The number of nitrogens with zero attached hydrogens (tertiary/aromatic N) is 1. The number of carbonyl (C=O) groups excluding carboxylic acids is 1. The van der Waals surface area contributed by atoms with E-state index < -0.39 is 16.8 Å². The van der Waals surface area contributed by atoms with Crippen molar-refractivity contribution in [2.75, 3.05) is 26.3 Å². The van der Waals surface area contributed by atoms with Crippen molar-refractivity contribution in [3.63, 3.8) is 0 Å². The number of hydrogen-bond acceptors (Lipinski definition) is 3. The highest BCUT2D eigenvalue weighted by Gasteiger charge is 2.49. The van der Waals surface area contributed by atoms with Gasteiger partial charge in [0.25, 0.3) is 0 Å². The van der Waals surface area contributed by atoms with E-state index >= 15 is 0 Å². The van der Waals surface area contributed by atoms with Crippen LogP contribution in [0, 0.1) is 11.2 Å². The summed E-state index contributed by atoms with van der Waals surface area (Å²) >= 11 is 0. The summed E-state index contributed by atoms with van der Waals surface area (Å²) in [5, 5.41) is 9.39. The topological polar surface area (TPSA) is 66.8 Å². The van der Waals surface area contributed by atoms with E-state index in [0.717, 1.165) is 5.56 Å². The molecule has 1 atom stereocenters. The molecule has 2 fully saturated rings. The maximum absolute atomic E-state index is 13.3. The van der Waals surface area contributed by atoms with Crippen LogP contribution in [0.5, 0.6) is 0 Å². The molecule has 0 aromatic heterocycles. The van der Waals surface area contributed by atoms with E-state index in [1.54, 1.807) is 24.0 Å². The molecule has 1 aromatic carbocycles. The van der Waals surface area contributed by atoms with E-state index in [2.05, 4.69) is 0 Å². The summed E-state index contributed by atoms with van der Waals surface area (Å²) < 4.78 is 18.7. The van der Waals surface area contributed by atoms with Gasteiger partial charge < -0.3 is 14.7 Å². The molecule has 3 rings (SSSR count). The molecule has 0 spiro atoms. The molecule has 1 aromatic rings. The number of halogens is 1. The molecule has 2 heterocycles. The minimum Gasteiger partial charge on any atom is -0.481 e. The van der Waals surface area contributed by atoms with E-state index in [-0.39, 0.29) is 18.3 Å². The first kappa shape index (κ1) is 16.9. The summed E-state index contributed by atoms with van der Waals surface area (Å²) in [5.74, 6) is -1.28. The number of carboxylic acid groups (broad SMARTS) is 1. The van der Waals surface area contributed by atoms with Gasteiger partial charge in [-0.1, -0.05) is 12.1 Å². The number of carbonyl (C=O) groups is 2. The van der Waals surface area contributed by atoms with Crippen molar-refractivity contribution in [3.05, 3.63) is 35.6 Å². The summed E-state index contributed by atoms with van der Waals surface area (Å²) in [6, 6.07) is 6.05. The van der Waals surface area contributed by atoms with Crippen molar-refractivity contribution in [3.8, 4) is 0 Å². The number of aliphatic carboxylic acids is 1. The Morgan fingerprint density at radius 2 is 1.79 bits per heavy atom. The number of ether oxygens (including phenoxy) is 1. The molecule has 2 aliphatic heterocycles. The Morgan fingerprint density at radius 3 is 2.33 bits per heavy atom. The van der Waals surface area contributed by atoms with Crippen molar-refractivity contribution in [2.24, 2.45) is 5.41 Å². The first-order valence-corrected chi connectivity index (χ1v) is 8.24. The summed E-state index contributed by atoms with van der Waals surface area (Å²) in [7, 11) is 0. The Labute approximate surface area is 140 Å². The van der Waals surface area contributed by atoms with E-state index in [1.807, 2.05) is 0 Å². The van der Waals surface area contributed by atoms with Gasteiger partial charge in [-0.3, -0.25) is 9.59 Å². The van der Waals surface area contributed by atoms with Gasteiger partial charge in [0.2, 0.25) is 5.91 Å². The van der Waals surface area contributed by atoms with Gasteiger partial charge in [-0.05, 0) is 43.9 Å². The molecule has 1 unspecified atom stereocenters. The summed E-state index contributed by atoms with van der Waals surface area (Å²) in [5.41, 5.74) is -0.873. The van der Waals surface area contributed by atoms with Gasteiger partial charge in [0.1, 0.15) is 5.82 Å². The van der Waals surface area contributed by atoms with E-state index in [0.29, 0.717) is 39.0 Å². The van der Waals surface area contributed by atoms with Crippen molar-refractivity contribution < 1.29 is 23.8 Å². The molecule has 2 saturated heterocycles. The van der Waals surface area contributed by atoms with Crippen molar-refractivity contribution in [2.45, 2.75) is 31.6 Å². The third kappa shape index (κ3) is 2.79. The molecule has 1 amide bonds. The van der Waals surface area contributed by atoms with Crippen LogP contribution in [0.2, 0.25) is 0 Å². The zero-order valence-electron chi connectivity index (χ0n) is 13.8. The molecule has 0 saturated carbocycles. The number of amides is 1. The number of hydrogen-bond donors (Lipinski definition) is 1. The fourth-order valence-corrected chi connectivity index (χ4v) is 3.73. The number of likely N-dealkylation sites (tertiary alicyclic amines) is 1. The molecular formula is C18H22FNO4. The Hall–Kier alpha value is -1.95. The summed E-state index contributed by atoms with van der Waals surface area (Å²) in [4.78, 5) is 26.4. The third-order valence-corrected chi connectivity index (χ3v) is 5.43. The van der Waals surface area contributed by atoms with Crippen LogP contribution in [0.25, 0.3) is 0 Å². The molecule has 2 aliphatic rings. The largest absolute Gasteiger partial charge is 0.481 e. The van der Waals surface area contributed by atoms with Gasteiger partial charge in [-0.25, -0.2) is 4.39 Å². The van der Waals surface area contributed by atoms with Crippen LogP contribution in [0.3, 0.4) is 0 Å². The van der Waals surface area contributed by atoms with Gasteiger partial charge in [-0.2, -0.15) is 0 Å². The van der Waals surface area contributed by atoms with Gasteiger partial charge in [0, 0.05) is 26.3 Å². The average Bonchev–Trinajstić information content (AvgIpc) is 2.99. The Kier molecular flexibility index (Phi) is 4.34. The van der Waals surface area contributed by atoms with Gasteiger partial charge >= 0.3 is 5.97 Å². The maximum atomic E-state index is 13.3. The van der Waals surface area contributed by atoms with E-state index in [4.69, 9.17) is 4.74 Å². The van der Waals surface area contributed by atoms with Crippen molar-refractivity contribution in [1.82, 2.24) is 4.90 Å². The first-order chi connectivity index (χ1) is 11.4. The van der Waals surface area contributed by atoms with E-state index in [1.165, 1.54) is 12.1 Å². The monoisotopic (exact) mass is 335 g/mol. The predicted molar refractivity (Wildman–Crippen MR) is 85.1 cm³/mol. The second-order valence-corrected chi connectivity index (χ2v) is 7.04. The van der Waals surface area contributed by atoms with Gasteiger partial charge in [0.05, 0.1) is 10.8 Å². The molecule has 130 valence electrons. The Bertz CT molecular complexity index is 639. The minimum atomic E-state index is -0.898. The second kappa shape index (κ2) is 6.16. The zero-order chi connectivity index (χ0) is 17.4. The lowest BCUT2D eigenvalue weighted by Crippen LogP contribution is -2.50. The average molecular weight is 335 g/mol. The SMILES string of the molecule is CC1(C(=O)O)CCN(C(=O)C2(c3ccc(F)cc3)CCOCC2)C1. The normalized spacial score (nSPS) is 26.3. The highest BCUT2D eigenvalue weighted by molar-refractivity contribution is 5.89. The smallest absolute Gasteiger partial charge is 0.311 e.